The van der Waals surface area contributed by atoms with Crippen molar-refractivity contribution in [1.29, 1.82) is 0 Å². The summed E-state index contributed by atoms with van der Waals surface area (Å²) in [6, 6.07) is 3.43. The van der Waals surface area contributed by atoms with E-state index in [0.29, 0.717) is 31.7 Å². The van der Waals surface area contributed by atoms with Gasteiger partial charge in [-0.3, -0.25) is 4.79 Å². The second kappa shape index (κ2) is 9.42. The monoisotopic (exact) mass is 285 g/mol. The molecule has 1 aromatic carbocycles. The fraction of sp³-hybridized carbons (Fsp3) is 0.533. The Bertz CT molecular complexity index is 424. The minimum absolute atomic E-state index is 0.165. The SMILES string of the molecule is CCOC(=O)CCCCCNCc1cc(F)ccc1F. The van der Waals surface area contributed by atoms with Gasteiger partial charge >= 0.3 is 5.97 Å². The highest BCUT2D eigenvalue weighted by Crippen LogP contribution is 2.09. The molecule has 0 aliphatic heterocycles. The topological polar surface area (TPSA) is 38.3 Å². The van der Waals surface area contributed by atoms with Crippen molar-refractivity contribution in [2.45, 2.75) is 39.2 Å². The second-order valence-electron chi connectivity index (χ2n) is 4.53. The van der Waals surface area contributed by atoms with E-state index in [1.807, 2.05) is 0 Å². The van der Waals surface area contributed by atoms with Gasteiger partial charge in [0.05, 0.1) is 6.61 Å². The summed E-state index contributed by atoms with van der Waals surface area (Å²) in [6.45, 7) is 3.22. The number of carbonyl (C=O) groups is 1. The van der Waals surface area contributed by atoms with Gasteiger partial charge in [0.1, 0.15) is 11.6 Å². The van der Waals surface area contributed by atoms with Crippen LogP contribution in [0.4, 0.5) is 8.78 Å². The molecule has 0 atom stereocenters. The summed E-state index contributed by atoms with van der Waals surface area (Å²) in [4.78, 5) is 11.1. The van der Waals surface area contributed by atoms with Crippen LogP contribution in [0.25, 0.3) is 0 Å². The van der Waals surface area contributed by atoms with Crippen molar-refractivity contribution < 1.29 is 18.3 Å². The molecule has 3 nitrogen and oxygen atoms in total. The Labute approximate surface area is 118 Å². The molecule has 0 radical (unpaired) electrons. The highest BCUT2D eigenvalue weighted by atomic mass is 19.1. The van der Waals surface area contributed by atoms with E-state index in [4.69, 9.17) is 4.74 Å². The average Bonchev–Trinajstić information content (AvgIpc) is 2.41. The third-order valence-corrected chi connectivity index (χ3v) is 2.86. The van der Waals surface area contributed by atoms with Gasteiger partial charge in [-0.1, -0.05) is 6.42 Å². The summed E-state index contributed by atoms with van der Waals surface area (Å²) < 4.78 is 31.0. The normalized spacial score (nSPS) is 10.6. The Morgan fingerprint density at radius 2 is 2.05 bits per heavy atom. The van der Waals surface area contributed by atoms with Crippen LogP contribution in [0.1, 0.15) is 38.2 Å². The van der Waals surface area contributed by atoms with Crippen LogP contribution in [0.3, 0.4) is 0 Å². The van der Waals surface area contributed by atoms with Gasteiger partial charge in [0.15, 0.2) is 0 Å². The summed E-state index contributed by atoms with van der Waals surface area (Å²) in [5.41, 5.74) is 0.330. The van der Waals surface area contributed by atoms with Crippen LogP contribution < -0.4 is 5.32 Å². The van der Waals surface area contributed by atoms with Gasteiger partial charge < -0.3 is 10.1 Å². The lowest BCUT2D eigenvalue weighted by atomic mass is 10.2. The number of ether oxygens (including phenoxy) is 1. The molecule has 1 N–H and O–H groups in total. The smallest absolute Gasteiger partial charge is 0.305 e. The zero-order valence-corrected chi connectivity index (χ0v) is 11.8. The molecule has 0 heterocycles. The molecule has 0 unspecified atom stereocenters. The zero-order valence-electron chi connectivity index (χ0n) is 11.8. The first-order valence-electron chi connectivity index (χ1n) is 6.93. The first-order chi connectivity index (χ1) is 9.63. The van der Waals surface area contributed by atoms with Gasteiger partial charge in [-0.25, -0.2) is 8.78 Å². The van der Waals surface area contributed by atoms with Crippen molar-refractivity contribution in [3.8, 4) is 0 Å². The van der Waals surface area contributed by atoms with Gasteiger partial charge in [-0.15, -0.1) is 0 Å². The van der Waals surface area contributed by atoms with Gasteiger partial charge in [-0.05, 0) is 44.5 Å². The maximum Gasteiger partial charge on any atom is 0.305 e. The van der Waals surface area contributed by atoms with Crippen LogP contribution >= 0.6 is 0 Å². The van der Waals surface area contributed by atoms with Crippen molar-refractivity contribution in [1.82, 2.24) is 5.32 Å². The molecule has 0 saturated heterocycles. The Kier molecular flexibility index (Phi) is 7.80. The maximum atomic E-state index is 13.3. The molecule has 0 fully saturated rings. The number of hydrogen-bond donors (Lipinski definition) is 1. The molecule has 0 saturated carbocycles. The highest BCUT2D eigenvalue weighted by molar-refractivity contribution is 5.69. The van der Waals surface area contributed by atoms with E-state index < -0.39 is 11.6 Å². The van der Waals surface area contributed by atoms with Crippen LogP contribution in [0, 0.1) is 11.6 Å². The summed E-state index contributed by atoms with van der Waals surface area (Å²) in [5.74, 6) is -0.999. The Morgan fingerprint density at radius 3 is 2.80 bits per heavy atom. The molecular weight excluding hydrogens is 264 g/mol. The van der Waals surface area contributed by atoms with E-state index in [1.165, 1.54) is 6.07 Å². The summed E-state index contributed by atoms with van der Waals surface area (Å²) in [6.07, 6.45) is 3.01. The Balaban J connectivity index is 2.07. The largest absolute Gasteiger partial charge is 0.466 e. The number of halogens is 2. The summed E-state index contributed by atoms with van der Waals surface area (Å²) in [7, 11) is 0. The summed E-state index contributed by atoms with van der Waals surface area (Å²) >= 11 is 0. The fourth-order valence-electron chi connectivity index (χ4n) is 1.83. The van der Waals surface area contributed by atoms with Crippen LogP contribution in [-0.4, -0.2) is 19.1 Å². The average molecular weight is 285 g/mol. The number of nitrogens with one attached hydrogen (secondary N) is 1. The lowest BCUT2D eigenvalue weighted by Crippen LogP contribution is -2.16. The molecule has 0 aromatic heterocycles. The number of benzene rings is 1. The number of carbonyl (C=O) groups excluding carboxylic acids is 1. The lowest BCUT2D eigenvalue weighted by Gasteiger charge is -2.06. The third kappa shape index (κ3) is 6.61. The number of esters is 1. The minimum atomic E-state index is -0.433. The fourth-order valence-corrected chi connectivity index (χ4v) is 1.83. The van der Waals surface area contributed by atoms with Crippen LogP contribution in [-0.2, 0) is 16.1 Å². The molecule has 112 valence electrons. The predicted molar refractivity (Wildman–Crippen MR) is 73.2 cm³/mol. The molecule has 0 aliphatic carbocycles. The quantitative estimate of drug-likeness (QED) is 0.559. The highest BCUT2D eigenvalue weighted by Gasteiger charge is 2.03. The van der Waals surface area contributed by atoms with E-state index in [1.54, 1.807) is 6.92 Å². The molecule has 1 rings (SSSR count). The lowest BCUT2D eigenvalue weighted by molar-refractivity contribution is -0.143. The minimum Gasteiger partial charge on any atom is -0.466 e. The first kappa shape index (κ1) is 16.6. The molecule has 0 bridgehead atoms. The van der Waals surface area contributed by atoms with E-state index in [0.717, 1.165) is 31.4 Å². The van der Waals surface area contributed by atoms with Crippen molar-refractivity contribution in [2.75, 3.05) is 13.2 Å². The Hall–Kier alpha value is -1.49. The van der Waals surface area contributed by atoms with Crippen LogP contribution in [0.15, 0.2) is 18.2 Å². The number of rotatable bonds is 9. The van der Waals surface area contributed by atoms with Gasteiger partial charge in [0.25, 0.3) is 0 Å². The van der Waals surface area contributed by atoms with Crippen molar-refractivity contribution >= 4 is 5.97 Å². The number of hydrogen-bond acceptors (Lipinski definition) is 3. The van der Waals surface area contributed by atoms with E-state index in [9.17, 15) is 13.6 Å². The summed E-state index contributed by atoms with van der Waals surface area (Å²) in [5, 5.41) is 3.06. The standard InChI is InChI=1S/C15H21F2NO2/c1-2-20-15(19)6-4-3-5-9-18-11-12-10-13(16)7-8-14(12)17/h7-8,10,18H,2-6,9,11H2,1H3. The van der Waals surface area contributed by atoms with E-state index in [2.05, 4.69) is 5.32 Å². The van der Waals surface area contributed by atoms with E-state index in [-0.39, 0.29) is 5.97 Å². The number of unbranched alkanes of at least 4 members (excludes halogenated alkanes) is 2. The van der Waals surface area contributed by atoms with Crippen LogP contribution in [0.5, 0.6) is 0 Å². The van der Waals surface area contributed by atoms with Gasteiger partial charge in [0, 0.05) is 18.5 Å². The molecule has 0 aliphatic rings. The molecule has 0 amide bonds. The van der Waals surface area contributed by atoms with Crippen molar-refractivity contribution in [2.24, 2.45) is 0 Å². The molecular formula is C15H21F2NO2. The van der Waals surface area contributed by atoms with Crippen LogP contribution in [0.2, 0.25) is 0 Å². The van der Waals surface area contributed by atoms with Gasteiger partial charge in [0.2, 0.25) is 0 Å². The maximum absolute atomic E-state index is 13.3. The van der Waals surface area contributed by atoms with Crippen molar-refractivity contribution in [3.05, 3.63) is 35.4 Å². The van der Waals surface area contributed by atoms with Crippen molar-refractivity contribution in [3.63, 3.8) is 0 Å². The molecule has 0 spiro atoms. The van der Waals surface area contributed by atoms with Gasteiger partial charge in [-0.2, -0.15) is 0 Å². The zero-order chi connectivity index (χ0) is 14.8. The third-order valence-electron chi connectivity index (χ3n) is 2.86. The first-order valence-corrected chi connectivity index (χ1v) is 6.93. The molecule has 5 heteroatoms. The molecule has 1 aromatic rings. The Morgan fingerprint density at radius 1 is 1.25 bits per heavy atom. The van der Waals surface area contributed by atoms with E-state index >= 15 is 0 Å². The molecule has 20 heavy (non-hydrogen) atoms. The second-order valence-corrected chi connectivity index (χ2v) is 4.53. The predicted octanol–water partition coefficient (Wildman–Crippen LogP) is 3.18.